The predicted octanol–water partition coefficient (Wildman–Crippen LogP) is 0.264. The molecule has 0 bridgehead atoms. The first-order chi connectivity index (χ1) is 11.2. The smallest absolute Gasteiger partial charge is 0.264 e. The zero-order valence-electron chi connectivity index (χ0n) is 13.2. The van der Waals surface area contributed by atoms with E-state index >= 15 is 0 Å². The van der Waals surface area contributed by atoms with Crippen molar-refractivity contribution in [2.75, 3.05) is 12.5 Å². The molecule has 1 aliphatic rings. The van der Waals surface area contributed by atoms with Gasteiger partial charge in [-0.2, -0.15) is 16.8 Å². The normalized spacial score (nSPS) is 21.2. The summed E-state index contributed by atoms with van der Waals surface area (Å²) >= 11 is 0. The largest absolute Gasteiger partial charge is 0.265 e. The average molecular weight is 368 g/mol. The molecule has 6 nitrogen and oxygen atoms in total. The van der Waals surface area contributed by atoms with Crippen molar-refractivity contribution < 1.29 is 25.2 Å². The van der Waals surface area contributed by atoms with Gasteiger partial charge in [-0.3, -0.25) is 8.37 Å². The van der Waals surface area contributed by atoms with E-state index in [0.717, 1.165) is 12.5 Å². The minimum Gasteiger partial charge on any atom is -0.265 e. The van der Waals surface area contributed by atoms with Gasteiger partial charge in [0.25, 0.3) is 20.2 Å². The summed E-state index contributed by atoms with van der Waals surface area (Å²) in [6, 6.07) is 0. The van der Waals surface area contributed by atoms with Crippen LogP contribution in [0.4, 0.5) is 0 Å². The minimum atomic E-state index is -3.61. The highest BCUT2D eigenvalue weighted by molar-refractivity contribution is 7.86. The third kappa shape index (κ3) is 10.7. The van der Waals surface area contributed by atoms with E-state index in [1.54, 1.807) is 0 Å². The van der Waals surface area contributed by atoms with Gasteiger partial charge in [0.1, 0.15) is 0 Å². The first-order valence-electron chi connectivity index (χ1n) is 6.84. The molecule has 0 radical (unpaired) electrons. The van der Waals surface area contributed by atoms with Crippen molar-refractivity contribution >= 4 is 20.2 Å². The van der Waals surface area contributed by atoms with Gasteiger partial charge in [-0.25, -0.2) is 0 Å². The van der Waals surface area contributed by atoms with E-state index in [4.69, 9.17) is 8.37 Å². The molecule has 128 valence electrons. The second-order valence-corrected chi connectivity index (χ2v) is 8.07. The van der Waals surface area contributed by atoms with Crippen molar-refractivity contribution in [1.29, 1.82) is 0 Å². The standard InChI is InChI=1S/C16H16O6S2/c1-23(17,18)21-15-11-7-3-5-9-13-16(22-24(2,19)20)14-10-6-4-8-12-15/h15-16H,11-14H2,1-2H3. The van der Waals surface area contributed by atoms with Crippen LogP contribution in [0.3, 0.4) is 0 Å². The molecule has 0 atom stereocenters. The molecule has 0 saturated heterocycles. The van der Waals surface area contributed by atoms with Gasteiger partial charge in [-0.05, 0) is 23.7 Å². The van der Waals surface area contributed by atoms with E-state index in [1.165, 1.54) is 0 Å². The van der Waals surface area contributed by atoms with Crippen LogP contribution in [0.5, 0.6) is 0 Å². The molecular formula is C16H16O6S2. The van der Waals surface area contributed by atoms with E-state index in [2.05, 4.69) is 47.4 Å². The Balaban J connectivity index is 2.90. The van der Waals surface area contributed by atoms with Gasteiger partial charge in [0.2, 0.25) is 0 Å². The van der Waals surface area contributed by atoms with Crippen LogP contribution < -0.4 is 0 Å². The number of hydrogen-bond acceptors (Lipinski definition) is 6. The zero-order valence-corrected chi connectivity index (χ0v) is 14.9. The molecule has 0 unspecified atom stereocenters. The van der Waals surface area contributed by atoms with Crippen LogP contribution in [0.15, 0.2) is 0 Å². The molecule has 0 aromatic carbocycles. The third-order valence-electron chi connectivity index (χ3n) is 2.42. The summed E-state index contributed by atoms with van der Waals surface area (Å²) < 4.78 is 54.5. The Bertz CT molecular complexity index is 778. The Labute approximate surface area is 143 Å². The van der Waals surface area contributed by atoms with Crippen LogP contribution in [-0.4, -0.2) is 41.6 Å². The van der Waals surface area contributed by atoms with Crippen LogP contribution >= 0.6 is 0 Å². The Morgan fingerprint density at radius 2 is 0.875 bits per heavy atom. The van der Waals surface area contributed by atoms with Crippen LogP contribution in [0.1, 0.15) is 25.7 Å². The quantitative estimate of drug-likeness (QED) is 0.523. The molecule has 0 heterocycles. The minimum absolute atomic E-state index is 0.146. The highest BCUT2D eigenvalue weighted by Gasteiger charge is 2.14. The molecule has 1 aliphatic carbocycles. The Hall–Kier alpha value is -1.94. The lowest BCUT2D eigenvalue weighted by Gasteiger charge is -2.10. The van der Waals surface area contributed by atoms with Gasteiger partial charge >= 0.3 is 0 Å². The zero-order chi connectivity index (χ0) is 18.1. The molecule has 0 amide bonds. The summed E-state index contributed by atoms with van der Waals surface area (Å²) in [6.45, 7) is 0. The molecule has 8 heteroatoms. The third-order valence-corrected chi connectivity index (χ3v) is 3.66. The fraction of sp³-hybridized carbons (Fsp3) is 0.500. The molecule has 0 saturated carbocycles. The SMILES string of the molecule is CS(=O)(=O)OC1CC#CC#CCC(OS(C)(=O)=O)CC#CC#CC1. The topological polar surface area (TPSA) is 86.7 Å². The maximum Gasteiger partial charge on any atom is 0.264 e. The van der Waals surface area contributed by atoms with Crippen molar-refractivity contribution in [3.63, 3.8) is 0 Å². The van der Waals surface area contributed by atoms with Gasteiger partial charge in [-0.15, -0.1) is 0 Å². The van der Waals surface area contributed by atoms with Gasteiger partial charge in [-0.1, -0.05) is 23.7 Å². The van der Waals surface area contributed by atoms with Crippen molar-refractivity contribution in [3.05, 3.63) is 0 Å². The van der Waals surface area contributed by atoms with Crippen molar-refractivity contribution in [2.24, 2.45) is 0 Å². The maximum absolute atomic E-state index is 11.2. The van der Waals surface area contributed by atoms with Crippen molar-refractivity contribution in [1.82, 2.24) is 0 Å². The van der Waals surface area contributed by atoms with Gasteiger partial charge in [0.05, 0.1) is 24.7 Å². The Kier molecular flexibility index (Phi) is 7.86. The monoisotopic (exact) mass is 368 g/mol. The molecule has 0 N–H and O–H groups in total. The highest BCUT2D eigenvalue weighted by Crippen LogP contribution is 2.07. The highest BCUT2D eigenvalue weighted by atomic mass is 32.2. The van der Waals surface area contributed by atoms with Crippen LogP contribution in [0.2, 0.25) is 0 Å². The van der Waals surface area contributed by atoms with Gasteiger partial charge < -0.3 is 0 Å². The first kappa shape index (κ1) is 20.1. The molecule has 0 fully saturated rings. The lowest BCUT2D eigenvalue weighted by Crippen LogP contribution is -2.16. The molecule has 1 rings (SSSR count). The first-order valence-corrected chi connectivity index (χ1v) is 10.5. The van der Waals surface area contributed by atoms with Gasteiger partial charge in [0.15, 0.2) is 0 Å². The predicted molar refractivity (Wildman–Crippen MR) is 89.0 cm³/mol. The van der Waals surface area contributed by atoms with E-state index in [1.807, 2.05) is 0 Å². The van der Waals surface area contributed by atoms with Crippen LogP contribution in [-0.2, 0) is 28.6 Å². The average Bonchev–Trinajstić information content (AvgIpc) is 2.41. The molecule has 0 spiro atoms. The Morgan fingerprint density at radius 1 is 0.625 bits per heavy atom. The second kappa shape index (κ2) is 9.38. The molecular weight excluding hydrogens is 352 g/mol. The summed E-state index contributed by atoms with van der Waals surface area (Å²) in [6.07, 6.45) is 1.13. The van der Waals surface area contributed by atoms with E-state index in [0.29, 0.717) is 0 Å². The van der Waals surface area contributed by atoms with Crippen LogP contribution in [0.25, 0.3) is 0 Å². The molecule has 24 heavy (non-hydrogen) atoms. The second-order valence-electron chi connectivity index (χ2n) is 4.87. The maximum atomic E-state index is 11.2. The lowest BCUT2D eigenvalue weighted by atomic mass is 10.2. The molecule has 0 aromatic heterocycles. The lowest BCUT2D eigenvalue weighted by molar-refractivity contribution is 0.221. The Morgan fingerprint density at radius 3 is 1.08 bits per heavy atom. The molecule has 0 aliphatic heterocycles. The van der Waals surface area contributed by atoms with E-state index in [9.17, 15) is 16.8 Å². The van der Waals surface area contributed by atoms with Crippen molar-refractivity contribution in [3.8, 4) is 47.4 Å². The van der Waals surface area contributed by atoms with E-state index < -0.39 is 32.4 Å². The summed E-state index contributed by atoms with van der Waals surface area (Å²) in [5.74, 6) is 21.0. The fourth-order valence-electron chi connectivity index (χ4n) is 1.61. The summed E-state index contributed by atoms with van der Waals surface area (Å²) in [4.78, 5) is 0. The summed E-state index contributed by atoms with van der Waals surface area (Å²) in [5, 5.41) is 0. The summed E-state index contributed by atoms with van der Waals surface area (Å²) in [5.41, 5.74) is 0. The summed E-state index contributed by atoms with van der Waals surface area (Å²) in [7, 11) is -7.22. The van der Waals surface area contributed by atoms with Gasteiger partial charge in [0, 0.05) is 25.7 Å². The number of hydrogen-bond donors (Lipinski definition) is 0. The van der Waals surface area contributed by atoms with Crippen molar-refractivity contribution in [2.45, 2.75) is 37.9 Å². The number of rotatable bonds is 4. The van der Waals surface area contributed by atoms with E-state index in [-0.39, 0.29) is 25.7 Å². The molecule has 0 aromatic rings. The van der Waals surface area contributed by atoms with Crippen LogP contribution in [0, 0.1) is 47.4 Å². The fourth-order valence-corrected chi connectivity index (χ4v) is 2.87.